The van der Waals surface area contributed by atoms with Crippen molar-refractivity contribution in [2.75, 3.05) is 19.1 Å². The molecule has 1 atom stereocenters. The molecule has 1 N–H and O–H groups in total. The molecule has 0 aromatic heterocycles. The number of nitrogens with zero attached hydrogens (tertiary/aromatic N) is 1. The lowest BCUT2D eigenvalue weighted by atomic mass is 10.0. The predicted molar refractivity (Wildman–Crippen MR) is 123 cm³/mol. The molecule has 0 aliphatic rings. The summed E-state index contributed by atoms with van der Waals surface area (Å²) in [5, 5.41) is 3.25. The van der Waals surface area contributed by atoms with E-state index in [1.165, 1.54) is 5.56 Å². The number of thioether (sulfide) groups is 1. The van der Waals surface area contributed by atoms with Gasteiger partial charge in [-0.2, -0.15) is 11.8 Å². The molecule has 0 spiro atoms. The fourth-order valence-electron chi connectivity index (χ4n) is 3.00. The molecule has 0 bridgehead atoms. The molecule has 0 aliphatic carbocycles. The van der Waals surface area contributed by atoms with Gasteiger partial charge in [0.15, 0.2) is 0 Å². The van der Waals surface area contributed by atoms with Crippen LogP contribution < -0.4 is 5.32 Å². The first-order chi connectivity index (χ1) is 13.8. The van der Waals surface area contributed by atoms with Crippen LogP contribution in [0.3, 0.4) is 0 Å². The number of hydrogen-bond donors (Lipinski definition) is 1. The van der Waals surface area contributed by atoms with Gasteiger partial charge in [-0.05, 0) is 47.6 Å². The number of carbonyl (C=O) groups is 2. The second-order valence-corrected chi connectivity index (χ2v) is 8.77. The standard InChI is InChI=1S/C23H29ClN2O2S/c1-16(2)18-11-9-17(10-12-18)15-26(3)23(28)21(13-14-29-4)25-22(27)19-7-5-6-8-20(19)24/h5-12,16,21H,13-15H2,1-4H3,(H,25,27). The van der Waals surface area contributed by atoms with Gasteiger partial charge in [0.25, 0.3) is 5.91 Å². The maximum Gasteiger partial charge on any atom is 0.253 e. The summed E-state index contributed by atoms with van der Waals surface area (Å²) < 4.78 is 0. The van der Waals surface area contributed by atoms with E-state index in [9.17, 15) is 9.59 Å². The summed E-state index contributed by atoms with van der Waals surface area (Å²) in [7, 11) is 1.77. The predicted octanol–water partition coefficient (Wildman–Crippen LogP) is 4.97. The lowest BCUT2D eigenvalue weighted by Gasteiger charge is -2.25. The normalized spacial score (nSPS) is 11.9. The Morgan fingerprint density at radius 3 is 2.34 bits per heavy atom. The SMILES string of the molecule is CSCCC(NC(=O)c1ccccc1Cl)C(=O)N(C)Cc1ccc(C(C)C)cc1. The summed E-state index contributed by atoms with van der Waals surface area (Å²) in [6, 6.07) is 14.6. The zero-order valence-electron chi connectivity index (χ0n) is 17.4. The number of carbonyl (C=O) groups excluding carboxylic acids is 2. The van der Waals surface area contributed by atoms with Crippen molar-refractivity contribution in [1.82, 2.24) is 10.2 Å². The topological polar surface area (TPSA) is 49.4 Å². The monoisotopic (exact) mass is 432 g/mol. The molecule has 2 rings (SSSR count). The van der Waals surface area contributed by atoms with Gasteiger partial charge < -0.3 is 10.2 Å². The Morgan fingerprint density at radius 1 is 1.10 bits per heavy atom. The van der Waals surface area contributed by atoms with Crippen molar-refractivity contribution in [3.05, 3.63) is 70.2 Å². The van der Waals surface area contributed by atoms with Gasteiger partial charge in [0, 0.05) is 13.6 Å². The second kappa shape index (κ2) is 11.3. The highest BCUT2D eigenvalue weighted by molar-refractivity contribution is 7.98. The Kier molecular flexibility index (Phi) is 9.05. The summed E-state index contributed by atoms with van der Waals surface area (Å²) in [5.41, 5.74) is 2.71. The molecule has 6 heteroatoms. The molecule has 156 valence electrons. The summed E-state index contributed by atoms with van der Waals surface area (Å²) in [5.74, 6) is 0.812. The van der Waals surface area contributed by atoms with E-state index < -0.39 is 6.04 Å². The van der Waals surface area contributed by atoms with Crippen LogP contribution in [0.2, 0.25) is 5.02 Å². The van der Waals surface area contributed by atoms with E-state index >= 15 is 0 Å². The zero-order chi connectivity index (χ0) is 21.4. The number of nitrogens with one attached hydrogen (secondary N) is 1. The highest BCUT2D eigenvalue weighted by Gasteiger charge is 2.25. The third-order valence-electron chi connectivity index (χ3n) is 4.77. The molecule has 1 unspecified atom stereocenters. The molecule has 0 saturated carbocycles. The molecular weight excluding hydrogens is 404 g/mol. The zero-order valence-corrected chi connectivity index (χ0v) is 19.0. The molecule has 2 amide bonds. The molecule has 0 radical (unpaired) electrons. The van der Waals surface area contributed by atoms with Gasteiger partial charge in [-0.3, -0.25) is 9.59 Å². The smallest absolute Gasteiger partial charge is 0.253 e. The van der Waals surface area contributed by atoms with Gasteiger partial charge in [0.2, 0.25) is 5.91 Å². The fraction of sp³-hybridized carbons (Fsp3) is 0.391. The average molecular weight is 433 g/mol. The lowest BCUT2D eigenvalue weighted by molar-refractivity contribution is -0.132. The van der Waals surface area contributed by atoms with Gasteiger partial charge in [0.1, 0.15) is 6.04 Å². The quantitative estimate of drug-likeness (QED) is 0.608. The van der Waals surface area contributed by atoms with E-state index in [2.05, 4.69) is 43.4 Å². The molecule has 0 fully saturated rings. The van der Waals surface area contributed by atoms with Gasteiger partial charge in [0.05, 0.1) is 10.6 Å². The van der Waals surface area contributed by atoms with Crippen LogP contribution in [0.15, 0.2) is 48.5 Å². The largest absolute Gasteiger partial charge is 0.340 e. The van der Waals surface area contributed by atoms with Crippen LogP contribution in [-0.2, 0) is 11.3 Å². The van der Waals surface area contributed by atoms with Gasteiger partial charge in [-0.25, -0.2) is 0 Å². The van der Waals surface area contributed by atoms with Gasteiger partial charge in [-0.1, -0.05) is 61.8 Å². The maximum absolute atomic E-state index is 13.0. The third-order valence-corrected chi connectivity index (χ3v) is 5.75. The Bertz CT molecular complexity index is 824. The van der Waals surface area contributed by atoms with Crippen LogP contribution in [0.1, 0.15) is 47.7 Å². The Hall–Kier alpha value is -1.98. The van der Waals surface area contributed by atoms with E-state index in [0.717, 1.165) is 11.3 Å². The summed E-state index contributed by atoms with van der Waals surface area (Å²) in [6.07, 6.45) is 2.55. The van der Waals surface area contributed by atoms with Crippen LogP contribution in [0.25, 0.3) is 0 Å². The molecule has 0 aliphatic heterocycles. The summed E-state index contributed by atoms with van der Waals surface area (Å²) in [4.78, 5) is 27.4. The molecule has 29 heavy (non-hydrogen) atoms. The van der Waals surface area contributed by atoms with E-state index in [1.54, 1.807) is 48.0 Å². The first kappa shape index (κ1) is 23.3. The summed E-state index contributed by atoms with van der Waals surface area (Å²) in [6.45, 7) is 4.81. The Labute approximate surface area is 183 Å². The number of amides is 2. The van der Waals surface area contributed by atoms with Crippen molar-refractivity contribution in [3.8, 4) is 0 Å². The first-order valence-corrected chi connectivity index (χ1v) is 11.5. The van der Waals surface area contributed by atoms with Crippen LogP contribution in [0, 0.1) is 0 Å². The second-order valence-electron chi connectivity index (χ2n) is 7.38. The Morgan fingerprint density at radius 2 is 1.76 bits per heavy atom. The van der Waals surface area contributed by atoms with E-state index in [-0.39, 0.29) is 11.8 Å². The van der Waals surface area contributed by atoms with Crippen molar-refractivity contribution in [2.24, 2.45) is 0 Å². The number of benzene rings is 2. The van der Waals surface area contributed by atoms with Crippen molar-refractivity contribution in [1.29, 1.82) is 0 Å². The molecule has 0 saturated heterocycles. The minimum Gasteiger partial charge on any atom is -0.340 e. The van der Waals surface area contributed by atoms with Gasteiger partial charge in [-0.15, -0.1) is 0 Å². The van der Waals surface area contributed by atoms with Crippen LogP contribution in [-0.4, -0.2) is 41.8 Å². The number of likely N-dealkylation sites (N-methyl/N-ethyl adjacent to an activating group) is 1. The van der Waals surface area contributed by atoms with E-state index in [0.29, 0.717) is 29.5 Å². The van der Waals surface area contributed by atoms with Crippen molar-refractivity contribution >= 4 is 35.2 Å². The minimum absolute atomic E-state index is 0.104. The number of rotatable bonds is 9. The molecule has 0 heterocycles. The summed E-state index contributed by atoms with van der Waals surface area (Å²) >= 11 is 7.78. The molecule has 2 aromatic rings. The van der Waals surface area contributed by atoms with E-state index in [1.807, 2.05) is 6.26 Å². The maximum atomic E-state index is 13.0. The number of halogens is 1. The average Bonchev–Trinajstić information content (AvgIpc) is 2.71. The highest BCUT2D eigenvalue weighted by atomic mass is 35.5. The van der Waals surface area contributed by atoms with Crippen LogP contribution in [0.5, 0.6) is 0 Å². The molecular formula is C23H29ClN2O2S. The third kappa shape index (κ3) is 6.79. The number of hydrogen-bond acceptors (Lipinski definition) is 3. The fourth-order valence-corrected chi connectivity index (χ4v) is 3.69. The first-order valence-electron chi connectivity index (χ1n) is 9.71. The van der Waals surface area contributed by atoms with Crippen molar-refractivity contribution in [3.63, 3.8) is 0 Å². The Balaban J connectivity index is 2.08. The van der Waals surface area contributed by atoms with Crippen molar-refractivity contribution < 1.29 is 9.59 Å². The van der Waals surface area contributed by atoms with E-state index in [4.69, 9.17) is 11.6 Å². The van der Waals surface area contributed by atoms with Crippen LogP contribution in [0.4, 0.5) is 0 Å². The minimum atomic E-state index is -0.592. The van der Waals surface area contributed by atoms with Crippen LogP contribution >= 0.6 is 23.4 Å². The van der Waals surface area contributed by atoms with Gasteiger partial charge >= 0.3 is 0 Å². The highest BCUT2D eigenvalue weighted by Crippen LogP contribution is 2.17. The molecule has 4 nitrogen and oxygen atoms in total. The lowest BCUT2D eigenvalue weighted by Crippen LogP contribution is -2.47. The molecule has 2 aromatic carbocycles. The van der Waals surface area contributed by atoms with Crippen molar-refractivity contribution in [2.45, 2.75) is 38.8 Å².